The largest absolute Gasteiger partial charge is 0.355 e. The molecule has 0 saturated carbocycles. The highest BCUT2D eigenvalue weighted by atomic mass is 16.2. The van der Waals surface area contributed by atoms with Crippen LogP contribution in [0.15, 0.2) is 12.2 Å². The minimum atomic E-state index is 0.0647. The van der Waals surface area contributed by atoms with Crippen LogP contribution in [0.1, 0.15) is 19.3 Å². The van der Waals surface area contributed by atoms with E-state index in [0.29, 0.717) is 6.04 Å². The second-order valence-corrected chi connectivity index (χ2v) is 3.44. The van der Waals surface area contributed by atoms with Crippen LogP contribution in [0.2, 0.25) is 0 Å². The second-order valence-electron chi connectivity index (χ2n) is 3.44. The molecule has 2 aliphatic rings. The Balaban J connectivity index is 1.82. The van der Waals surface area contributed by atoms with Gasteiger partial charge in [0.1, 0.15) is 0 Å². The van der Waals surface area contributed by atoms with Gasteiger partial charge in [-0.2, -0.15) is 0 Å². The molecule has 0 aromatic rings. The van der Waals surface area contributed by atoms with Crippen LogP contribution in [-0.2, 0) is 4.79 Å². The van der Waals surface area contributed by atoms with Gasteiger partial charge in [-0.05, 0) is 19.3 Å². The topological polar surface area (TPSA) is 41.1 Å². The van der Waals surface area contributed by atoms with Crippen molar-refractivity contribution in [2.75, 3.05) is 6.54 Å². The molecule has 1 heterocycles. The lowest BCUT2D eigenvalue weighted by atomic mass is 10.2. The monoisotopic (exact) mass is 166 g/mol. The molecule has 3 heteroatoms. The summed E-state index contributed by atoms with van der Waals surface area (Å²) in [5, 5.41) is 6.17. The normalized spacial score (nSPS) is 29.7. The highest BCUT2D eigenvalue weighted by Crippen LogP contribution is 2.11. The number of nitrogens with one attached hydrogen (secondary N) is 2. The zero-order valence-electron chi connectivity index (χ0n) is 7.05. The minimum absolute atomic E-state index is 0.0647. The van der Waals surface area contributed by atoms with Crippen molar-refractivity contribution >= 4 is 5.91 Å². The molecule has 0 spiro atoms. The Morgan fingerprint density at radius 1 is 1.42 bits per heavy atom. The summed E-state index contributed by atoms with van der Waals surface area (Å²) in [7, 11) is 0. The van der Waals surface area contributed by atoms with E-state index in [1.807, 2.05) is 0 Å². The summed E-state index contributed by atoms with van der Waals surface area (Å²) in [6, 6.07) is 0.564. The van der Waals surface area contributed by atoms with Gasteiger partial charge in [-0.1, -0.05) is 12.2 Å². The fraction of sp³-hybridized carbons (Fsp3) is 0.667. The van der Waals surface area contributed by atoms with Crippen LogP contribution in [0, 0.1) is 0 Å². The van der Waals surface area contributed by atoms with Crippen LogP contribution in [-0.4, -0.2) is 24.5 Å². The van der Waals surface area contributed by atoms with E-state index in [1.54, 1.807) is 0 Å². The molecule has 1 amide bonds. The van der Waals surface area contributed by atoms with Crippen LogP contribution in [0.25, 0.3) is 0 Å². The predicted molar refractivity (Wildman–Crippen MR) is 46.7 cm³/mol. The quantitative estimate of drug-likeness (QED) is 0.575. The van der Waals surface area contributed by atoms with Crippen LogP contribution in [0.4, 0.5) is 0 Å². The van der Waals surface area contributed by atoms with Crippen molar-refractivity contribution in [1.29, 1.82) is 0 Å². The summed E-state index contributed by atoms with van der Waals surface area (Å²) in [6.45, 7) is 0.830. The third-order valence-electron chi connectivity index (χ3n) is 2.49. The maximum atomic E-state index is 11.2. The van der Waals surface area contributed by atoms with Gasteiger partial charge in [0, 0.05) is 12.6 Å². The van der Waals surface area contributed by atoms with Gasteiger partial charge in [0.05, 0.1) is 6.04 Å². The lowest BCUT2D eigenvalue weighted by molar-refractivity contribution is -0.121. The Morgan fingerprint density at radius 3 is 2.75 bits per heavy atom. The smallest absolute Gasteiger partial charge is 0.237 e. The van der Waals surface area contributed by atoms with Crippen LogP contribution >= 0.6 is 0 Å². The zero-order chi connectivity index (χ0) is 8.39. The molecule has 0 aromatic carbocycles. The highest BCUT2D eigenvalue weighted by Gasteiger charge is 2.26. The van der Waals surface area contributed by atoms with Crippen molar-refractivity contribution in [2.45, 2.75) is 31.3 Å². The molecule has 0 radical (unpaired) electrons. The second kappa shape index (κ2) is 3.27. The number of amides is 1. The van der Waals surface area contributed by atoms with E-state index < -0.39 is 0 Å². The Kier molecular flexibility index (Phi) is 2.13. The number of carbonyl (C=O) groups excluding carboxylic acids is 1. The van der Waals surface area contributed by atoms with E-state index in [4.69, 9.17) is 0 Å². The van der Waals surface area contributed by atoms with E-state index in [9.17, 15) is 4.79 Å². The lowest BCUT2D eigenvalue weighted by Crippen LogP contribution is -2.41. The van der Waals surface area contributed by atoms with Gasteiger partial charge in [-0.3, -0.25) is 4.79 Å². The first-order chi connectivity index (χ1) is 5.86. The number of carbonyl (C=O) groups is 1. The average Bonchev–Trinajstić information content (AvgIpc) is 2.65. The molecule has 1 aliphatic carbocycles. The Hall–Kier alpha value is -0.830. The van der Waals surface area contributed by atoms with Gasteiger partial charge in [0.25, 0.3) is 0 Å². The molecular weight excluding hydrogens is 152 g/mol. The minimum Gasteiger partial charge on any atom is -0.355 e. The first kappa shape index (κ1) is 7.80. The first-order valence-corrected chi connectivity index (χ1v) is 4.55. The average molecular weight is 166 g/mol. The van der Waals surface area contributed by atoms with Crippen LogP contribution < -0.4 is 10.6 Å². The number of hydrogen-bond donors (Lipinski definition) is 2. The van der Waals surface area contributed by atoms with Crippen molar-refractivity contribution in [1.82, 2.24) is 10.6 Å². The maximum absolute atomic E-state index is 11.2. The zero-order valence-corrected chi connectivity index (χ0v) is 7.05. The van der Waals surface area contributed by atoms with Gasteiger partial charge in [0.15, 0.2) is 0 Å². The van der Waals surface area contributed by atoms with Crippen molar-refractivity contribution in [3.63, 3.8) is 0 Å². The van der Waals surface area contributed by atoms with Crippen LogP contribution in [0.3, 0.4) is 0 Å². The van der Waals surface area contributed by atoms with Gasteiger partial charge >= 0.3 is 0 Å². The van der Waals surface area contributed by atoms with Crippen molar-refractivity contribution in [3.05, 3.63) is 12.2 Å². The van der Waals surface area contributed by atoms with E-state index in [0.717, 1.165) is 25.8 Å². The number of hydrogen-bond acceptors (Lipinski definition) is 2. The summed E-state index contributed by atoms with van der Waals surface area (Å²) < 4.78 is 0. The van der Waals surface area contributed by atoms with Gasteiger partial charge in [0.2, 0.25) is 5.91 Å². The Bertz CT molecular complexity index is 205. The van der Waals surface area contributed by atoms with E-state index >= 15 is 0 Å². The van der Waals surface area contributed by atoms with Crippen molar-refractivity contribution in [3.8, 4) is 0 Å². The summed E-state index contributed by atoms with van der Waals surface area (Å²) >= 11 is 0. The van der Waals surface area contributed by atoms with E-state index in [-0.39, 0.29) is 11.9 Å². The van der Waals surface area contributed by atoms with Crippen LogP contribution in [0.5, 0.6) is 0 Å². The summed E-state index contributed by atoms with van der Waals surface area (Å²) in [4.78, 5) is 11.2. The summed E-state index contributed by atoms with van der Waals surface area (Å²) in [5.41, 5.74) is 0. The SMILES string of the molecule is O=C1NCCC1NC1CC=CC1. The van der Waals surface area contributed by atoms with Gasteiger partial charge < -0.3 is 10.6 Å². The summed E-state index contributed by atoms with van der Waals surface area (Å²) in [6.07, 6.45) is 7.43. The molecule has 1 atom stereocenters. The molecule has 2 rings (SSSR count). The molecule has 0 aromatic heterocycles. The molecule has 12 heavy (non-hydrogen) atoms. The molecule has 2 N–H and O–H groups in total. The fourth-order valence-electron chi connectivity index (χ4n) is 1.79. The third-order valence-corrected chi connectivity index (χ3v) is 2.49. The summed E-state index contributed by atoms with van der Waals surface area (Å²) in [5.74, 6) is 0.168. The fourth-order valence-corrected chi connectivity index (χ4v) is 1.79. The Morgan fingerprint density at radius 2 is 2.17 bits per heavy atom. The molecule has 1 aliphatic heterocycles. The van der Waals surface area contributed by atoms with Crippen molar-refractivity contribution < 1.29 is 4.79 Å². The molecule has 1 saturated heterocycles. The lowest BCUT2D eigenvalue weighted by Gasteiger charge is -2.15. The first-order valence-electron chi connectivity index (χ1n) is 4.55. The molecule has 1 unspecified atom stereocenters. The molecular formula is C9H14N2O. The van der Waals surface area contributed by atoms with Gasteiger partial charge in [-0.15, -0.1) is 0 Å². The molecule has 66 valence electrons. The molecule has 3 nitrogen and oxygen atoms in total. The standard InChI is InChI=1S/C9H14N2O/c12-9-8(5-6-10-9)11-7-3-1-2-4-7/h1-2,7-8,11H,3-6H2,(H,10,12). The molecule has 0 bridgehead atoms. The predicted octanol–water partition coefficient (Wildman–Crippen LogP) is 0.183. The van der Waals surface area contributed by atoms with E-state index in [2.05, 4.69) is 22.8 Å². The maximum Gasteiger partial charge on any atom is 0.237 e. The molecule has 1 fully saturated rings. The third kappa shape index (κ3) is 1.50. The van der Waals surface area contributed by atoms with Crippen molar-refractivity contribution in [2.24, 2.45) is 0 Å². The number of rotatable bonds is 2. The highest BCUT2D eigenvalue weighted by molar-refractivity contribution is 5.83. The van der Waals surface area contributed by atoms with Gasteiger partial charge in [-0.25, -0.2) is 0 Å². The van der Waals surface area contributed by atoms with E-state index in [1.165, 1.54) is 0 Å². The Labute approximate surface area is 72.2 Å².